The maximum Gasteiger partial charge on any atom is 0.198 e. The van der Waals surface area contributed by atoms with E-state index in [2.05, 4.69) is 10.3 Å². The second-order valence-corrected chi connectivity index (χ2v) is 5.06. The average Bonchev–Trinajstić information content (AvgIpc) is 2.90. The third-order valence-electron chi connectivity index (χ3n) is 3.75. The van der Waals surface area contributed by atoms with Crippen LogP contribution in [-0.2, 0) is 4.74 Å². The van der Waals surface area contributed by atoms with Gasteiger partial charge in [0.05, 0.1) is 12.8 Å². The van der Waals surface area contributed by atoms with E-state index in [0.717, 1.165) is 50.8 Å². The predicted molar refractivity (Wildman–Crippen MR) is 64.1 cm³/mol. The monoisotopic (exact) mass is 236 g/mol. The van der Waals surface area contributed by atoms with Crippen molar-refractivity contribution in [3.05, 3.63) is 17.8 Å². The van der Waals surface area contributed by atoms with Crippen molar-refractivity contribution >= 4 is 0 Å². The minimum atomic E-state index is 0.418. The van der Waals surface area contributed by atoms with Gasteiger partial charge in [0, 0.05) is 25.0 Å². The fourth-order valence-electron chi connectivity index (χ4n) is 2.71. The Kier molecular flexibility index (Phi) is 3.43. The van der Waals surface area contributed by atoms with E-state index in [1.807, 2.05) is 6.20 Å². The van der Waals surface area contributed by atoms with E-state index >= 15 is 0 Å². The van der Waals surface area contributed by atoms with Crippen LogP contribution in [0.1, 0.15) is 49.2 Å². The summed E-state index contributed by atoms with van der Waals surface area (Å²) in [5.74, 6) is 2.81. The topological polar surface area (TPSA) is 47.3 Å². The van der Waals surface area contributed by atoms with Gasteiger partial charge in [0.1, 0.15) is 5.76 Å². The van der Waals surface area contributed by atoms with Gasteiger partial charge in [-0.2, -0.15) is 0 Å². The van der Waals surface area contributed by atoms with Crippen LogP contribution < -0.4 is 5.32 Å². The molecule has 94 valence electrons. The normalized spacial score (nSPS) is 30.4. The van der Waals surface area contributed by atoms with Gasteiger partial charge in [0.15, 0.2) is 5.89 Å². The number of ether oxygens (including phenoxy) is 1. The summed E-state index contributed by atoms with van der Waals surface area (Å²) in [6.45, 7) is 3.81. The molecule has 4 heteroatoms. The fourth-order valence-corrected chi connectivity index (χ4v) is 2.71. The van der Waals surface area contributed by atoms with Crippen LogP contribution >= 0.6 is 0 Å². The number of rotatable bonds is 2. The Morgan fingerprint density at radius 1 is 1.24 bits per heavy atom. The molecule has 1 aromatic heterocycles. The lowest BCUT2D eigenvalue weighted by atomic mass is 10.00. The van der Waals surface area contributed by atoms with Crippen molar-refractivity contribution in [1.29, 1.82) is 0 Å². The van der Waals surface area contributed by atoms with Gasteiger partial charge in [0.2, 0.25) is 0 Å². The van der Waals surface area contributed by atoms with Gasteiger partial charge in [-0.3, -0.25) is 0 Å². The first-order valence-corrected chi connectivity index (χ1v) is 6.67. The summed E-state index contributed by atoms with van der Waals surface area (Å²) in [4.78, 5) is 4.45. The number of aromatic nitrogens is 1. The van der Waals surface area contributed by atoms with E-state index in [9.17, 15) is 0 Å². The van der Waals surface area contributed by atoms with Crippen LogP contribution in [0.2, 0.25) is 0 Å². The molecular formula is C13H20N2O2. The molecule has 2 aliphatic rings. The molecule has 2 fully saturated rings. The van der Waals surface area contributed by atoms with Crippen molar-refractivity contribution in [3.63, 3.8) is 0 Å². The highest BCUT2D eigenvalue weighted by Crippen LogP contribution is 2.29. The number of hydrogen-bond donors (Lipinski definition) is 1. The van der Waals surface area contributed by atoms with Crippen LogP contribution in [0.5, 0.6) is 0 Å². The van der Waals surface area contributed by atoms with Gasteiger partial charge in [-0.25, -0.2) is 4.98 Å². The van der Waals surface area contributed by atoms with E-state index in [-0.39, 0.29) is 0 Å². The Labute approximate surface area is 102 Å². The Bertz CT molecular complexity index is 320. The van der Waals surface area contributed by atoms with E-state index in [1.54, 1.807) is 0 Å². The van der Waals surface area contributed by atoms with Crippen molar-refractivity contribution in [2.45, 2.75) is 37.5 Å². The van der Waals surface area contributed by atoms with E-state index in [1.165, 1.54) is 12.8 Å². The summed E-state index contributed by atoms with van der Waals surface area (Å²) >= 11 is 0. The van der Waals surface area contributed by atoms with Gasteiger partial charge >= 0.3 is 0 Å². The largest absolute Gasteiger partial charge is 0.445 e. The van der Waals surface area contributed by atoms with Crippen LogP contribution in [0.15, 0.2) is 10.6 Å². The number of nitrogens with one attached hydrogen (secondary N) is 1. The maximum atomic E-state index is 5.93. The first-order chi connectivity index (χ1) is 8.43. The molecule has 4 nitrogen and oxygen atoms in total. The van der Waals surface area contributed by atoms with Gasteiger partial charge in [0.25, 0.3) is 0 Å². The molecule has 2 aliphatic heterocycles. The van der Waals surface area contributed by atoms with Crippen LogP contribution in [-0.4, -0.2) is 31.3 Å². The lowest BCUT2D eigenvalue weighted by Crippen LogP contribution is -2.28. The number of hydrogen-bond acceptors (Lipinski definition) is 4. The van der Waals surface area contributed by atoms with E-state index < -0.39 is 0 Å². The molecule has 3 rings (SSSR count). The molecule has 2 saturated heterocycles. The Morgan fingerprint density at radius 3 is 2.94 bits per heavy atom. The molecule has 3 heterocycles. The summed E-state index contributed by atoms with van der Waals surface area (Å²) in [6, 6.07) is 0. The van der Waals surface area contributed by atoms with Crippen molar-refractivity contribution in [2.24, 2.45) is 0 Å². The standard InChI is InChI=1S/C13H20N2O2/c1-3-10(7-14-5-1)13-15-8-12(17-13)11-4-2-6-16-9-11/h8,10-11,14H,1-7,9H2. The van der Waals surface area contributed by atoms with E-state index in [0.29, 0.717) is 11.8 Å². The molecule has 2 unspecified atom stereocenters. The summed E-state index contributed by atoms with van der Waals surface area (Å²) in [7, 11) is 0. The van der Waals surface area contributed by atoms with Crippen LogP contribution in [0.4, 0.5) is 0 Å². The molecule has 0 aromatic carbocycles. The second kappa shape index (κ2) is 5.19. The molecule has 0 spiro atoms. The number of piperidine rings is 1. The van der Waals surface area contributed by atoms with Crippen LogP contribution in [0.3, 0.4) is 0 Å². The Balaban J connectivity index is 1.68. The third-order valence-corrected chi connectivity index (χ3v) is 3.75. The molecule has 17 heavy (non-hydrogen) atoms. The zero-order valence-electron chi connectivity index (χ0n) is 10.2. The molecule has 0 aliphatic carbocycles. The number of oxazole rings is 1. The highest BCUT2D eigenvalue weighted by molar-refractivity contribution is 5.06. The number of nitrogens with zero attached hydrogens (tertiary/aromatic N) is 1. The highest BCUT2D eigenvalue weighted by atomic mass is 16.5. The zero-order valence-corrected chi connectivity index (χ0v) is 10.2. The molecule has 0 amide bonds. The molecule has 1 N–H and O–H groups in total. The summed E-state index contributed by atoms with van der Waals surface area (Å²) in [6.07, 6.45) is 6.61. The fraction of sp³-hybridized carbons (Fsp3) is 0.769. The molecule has 0 saturated carbocycles. The molecule has 0 bridgehead atoms. The van der Waals surface area contributed by atoms with Crippen LogP contribution in [0.25, 0.3) is 0 Å². The summed E-state index contributed by atoms with van der Waals surface area (Å²) in [5, 5.41) is 3.40. The lowest BCUT2D eigenvalue weighted by Gasteiger charge is -2.21. The summed E-state index contributed by atoms with van der Waals surface area (Å²) in [5.41, 5.74) is 0. The first-order valence-electron chi connectivity index (χ1n) is 6.67. The van der Waals surface area contributed by atoms with Gasteiger partial charge in [-0.05, 0) is 32.2 Å². The van der Waals surface area contributed by atoms with Crippen LogP contribution in [0, 0.1) is 0 Å². The lowest BCUT2D eigenvalue weighted by molar-refractivity contribution is 0.0735. The minimum absolute atomic E-state index is 0.418. The zero-order chi connectivity index (χ0) is 11.5. The molecule has 0 radical (unpaired) electrons. The van der Waals surface area contributed by atoms with Gasteiger partial charge < -0.3 is 14.5 Å². The van der Waals surface area contributed by atoms with E-state index in [4.69, 9.17) is 9.15 Å². The summed E-state index contributed by atoms with van der Waals surface area (Å²) < 4.78 is 11.4. The quantitative estimate of drug-likeness (QED) is 0.853. The van der Waals surface area contributed by atoms with Gasteiger partial charge in [-0.15, -0.1) is 0 Å². The van der Waals surface area contributed by atoms with Crippen molar-refractivity contribution in [3.8, 4) is 0 Å². The first kappa shape index (κ1) is 11.2. The van der Waals surface area contributed by atoms with Crippen molar-refractivity contribution < 1.29 is 9.15 Å². The van der Waals surface area contributed by atoms with Crippen molar-refractivity contribution in [1.82, 2.24) is 10.3 Å². The molecule has 2 atom stereocenters. The smallest absolute Gasteiger partial charge is 0.198 e. The molecular weight excluding hydrogens is 216 g/mol. The third kappa shape index (κ3) is 2.53. The predicted octanol–water partition coefficient (Wildman–Crippen LogP) is 2.04. The average molecular weight is 236 g/mol. The highest BCUT2D eigenvalue weighted by Gasteiger charge is 2.24. The Morgan fingerprint density at radius 2 is 2.18 bits per heavy atom. The van der Waals surface area contributed by atoms with Crippen molar-refractivity contribution in [2.75, 3.05) is 26.3 Å². The van der Waals surface area contributed by atoms with Gasteiger partial charge in [-0.1, -0.05) is 0 Å². The second-order valence-electron chi connectivity index (χ2n) is 5.06. The Hall–Kier alpha value is -0.870. The maximum absolute atomic E-state index is 5.93. The minimum Gasteiger partial charge on any atom is -0.445 e. The SMILES string of the molecule is c1nc(C2CCCNC2)oc1C1CCCOC1. The molecule has 1 aromatic rings.